The van der Waals surface area contributed by atoms with Gasteiger partial charge in [0.15, 0.2) is 0 Å². The molecule has 2 unspecified atom stereocenters. The molecule has 0 spiro atoms. The Bertz CT molecular complexity index is 486. The average molecular weight is 272 g/mol. The largest absolute Gasteiger partial charge is 0.311 e. The maximum Gasteiger partial charge on any atom is 0.244 e. The van der Waals surface area contributed by atoms with Gasteiger partial charge in [-0.15, -0.1) is 0 Å². The summed E-state index contributed by atoms with van der Waals surface area (Å²) in [5.41, 5.74) is 2.44. The number of fused-ring (bicyclic) bond motifs is 1. The third-order valence-electron chi connectivity index (χ3n) is 4.76. The number of anilines is 1. The van der Waals surface area contributed by atoms with Crippen molar-refractivity contribution >= 4 is 11.6 Å². The number of nitrogens with one attached hydrogen (secondary N) is 1. The molecule has 0 saturated carbocycles. The minimum atomic E-state index is 0.0138. The van der Waals surface area contributed by atoms with Gasteiger partial charge < -0.3 is 10.2 Å². The summed E-state index contributed by atoms with van der Waals surface area (Å²) in [6.07, 6.45) is 5.55. The number of benzene rings is 1. The maximum atomic E-state index is 12.8. The fourth-order valence-electron chi connectivity index (χ4n) is 3.51. The summed E-state index contributed by atoms with van der Waals surface area (Å²) < 4.78 is 0. The van der Waals surface area contributed by atoms with Gasteiger partial charge in [0.25, 0.3) is 0 Å². The second kappa shape index (κ2) is 5.96. The fraction of sp³-hybridized carbons (Fsp3) is 0.588. The summed E-state index contributed by atoms with van der Waals surface area (Å²) in [6.45, 7) is 4.07. The zero-order valence-electron chi connectivity index (χ0n) is 12.3. The van der Waals surface area contributed by atoms with E-state index in [1.807, 2.05) is 11.0 Å². The van der Waals surface area contributed by atoms with Gasteiger partial charge >= 0.3 is 0 Å². The molecule has 108 valence electrons. The SMILES string of the molecule is CCC1CCNC(C(=O)N2CCCc3ccccc32)C1. The molecule has 0 aromatic heterocycles. The van der Waals surface area contributed by atoms with Gasteiger partial charge in [-0.2, -0.15) is 0 Å². The summed E-state index contributed by atoms with van der Waals surface area (Å²) in [6, 6.07) is 8.36. The highest BCUT2D eigenvalue weighted by atomic mass is 16.2. The van der Waals surface area contributed by atoms with Crippen molar-refractivity contribution in [3.05, 3.63) is 29.8 Å². The number of hydrogen-bond donors (Lipinski definition) is 1. The lowest BCUT2D eigenvalue weighted by Crippen LogP contribution is -2.51. The Morgan fingerprint density at radius 3 is 3.10 bits per heavy atom. The first kappa shape index (κ1) is 13.6. The second-order valence-corrected chi connectivity index (χ2v) is 6.03. The van der Waals surface area contributed by atoms with Gasteiger partial charge in [-0.1, -0.05) is 31.5 Å². The third-order valence-corrected chi connectivity index (χ3v) is 4.76. The molecule has 0 bridgehead atoms. The molecule has 3 heteroatoms. The fourth-order valence-corrected chi connectivity index (χ4v) is 3.51. The Balaban J connectivity index is 1.78. The van der Waals surface area contributed by atoms with E-state index >= 15 is 0 Å². The molecule has 2 aliphatic heterocycles. The highest BCUT2D eigenvalue weighted by Gasteiger charge is 2.31. The standard InChI is InChI=1S/C17H24N2O/c1-2-13-9-10-18-15(12-13)17(20)19-11-5-7-14-6-3-4-8-16(14)19/h3-4,6,8,13,15,18H,2,5,7,9-12H2,1H3. The predicted molar refractivity (Wildman–Crippen MR) is 81.9 cm³/mol. The third kappa shape index (κ3) is 2.59. The van der Waals surface area contributed by atoms with Crippen LogP contribution in [0.25, 0.3) is 0 Å². The lowest BCUT2D eigenvalue weighted by atomic mass is 9.89. The number of carbonyl (C=O) groups excluding carboxylic acids is 1. The lowest BCUT2D eigenvalue weighted by molar-refractivity contribution is -0.121. The van der Waals surface area contributed by atoms with E-state index in [1.165, 1.54) is 18.4 Å². The number of nitrogens with zero attached hydrogens (tertiary/aromatic N) is 1. The van der Waals surface area contributed by atoms with Gasteiger partial charge in [-0.05, 0) is 49.8 Å². The van der Waals surface area contributed by atoms with Gasteiger partial charge in [0.05, 0.1) is 6.04 Å². The summed E-state index contributed by atoms with van der Waals surface area (Å²) >= 11 is 0. The van der Waals surface area contributed by atoms with E-state index in [4.69, 9.17) is 0 Å². The highest BCUT2D eigenvalue weighted by Crippen LogP contribution is 2.29. The van der Waals surface area contributed by atoms with Crippen LogP contribution in [-0.4, -0.2) is 25.0 Å². The molecule has 0 radical (unpaired) electrons. The molecule has 1 amide bonds. The van der Waals surface area contributed by atoms with Gasteiger partial charge in [-0.3, -0.25) is 4.79 Å². The van der Waals surface area contributed by atoms with Crippen LogP contribution in [0.1, 0.15) is 38.2 Å². The first-order valence-corrected chi connectivity index (χ1v) is 7.92. The van der Waals surface area contributed by atoms with Crippen LogP contribution in [0.15, 0.2) is 24.3 Å². The lowest BCUT2D eigenvalue weighted by Gasteiger charge is -2.35. The van der Waals surface area contributed by atoms with E-state index in [9.17, 15) is 4.79 Å². The number of piperidine rings is 1. The number of para-hydroxylation sites is 1. The van der Waals surface area contributed by atoms with Crippen molar-refractivity contribution in [3.63, 3.8) is 0 Å². The smallest absolute Gasteiger partial charge is 0.244 e. The molecular formula is C17H24N2O. The van der Waals surface area contributed by atoms with E-state index in [0.29, 0.717) is 5.92 Å². The molecule has 2 atom stereocenters. The van der Waals surface area contributed by atoms with Crippen molar-refractivity contribution in [2.45, 2.75) is 45.1 Å². The molecule has 1 aromatic carbocycles. The number of hydrogen-bond acceptors (Lipinski definition) is 2. The van der Waals surface area contributed by atoms with E-state index < -0.39 is 0 Å². The van der Waals surface area contributed by atoms with Crippen LogP contribution < -0.4 is 10.2 Å². The summed E-state index contributed by atoms with van der Waals surface area (Å²) in [7, 11) is 0. The summed E-state index contributed by atoms with van der Waals surface area (Å²) in [4.78, 5) is 14.8. The first-order valence-electron chi connectivity index (χ1n) is 7.92. The number of aryl methyl sites for hydroxylation is 1. The number of carbonyl (C=O) groups is 1. The molecule has 2 aliphatic rings. The van der Waals surface area contributed by atoms with Crippen molar-refractivity contribution in [2.24, 2.45) is 5.92 Å². The summed E-state index contributed by atoms with van der Waals surface area (Å²) in [5, 5.41) is 3.42. The average Bonchev–Trinajstić information content (AvgIpc) is 2.53. The van der Waals surface area contributed by atoms with E-state index in [0.717, 1.165) is 38.0 Å². The molecule has 20 heavy (non-hydrogen) atoms. The molecule has 1 saturated heterocycles. The Morgan fingerprint density at radius 2 is 2.25 bits per heavy atom. The predicted octanol–water partition coefficient (Wildman–Crippen LogP) is 2.74. The normalized spacial score (nSPS) is 26.1. The number of rotatable bonds is 2. The van der Waals surface area contributed by atoms with Gasteiger partial charge in [0.2, 0.25) is 5.91 Å². The second-order valence-electron chi connectivity index (χ2n) is 6.03. The van der Waals surface area contributed by atoms with Gasteiger partial charge in [0, 0.05) is 12.2 Å². The van der Waals surface area contributed by atoms with Crippen molar-refractivity contribution in [1.82, 2.24) is 5.32 Å². The molecule has 2 heterocycles. The molecule has 3 nitrogen and oxygen atoms in total. The van der Waals surface area contributed by atoms with Crippen LogP contribution >= 0.6 is 0 Å². The van der Waals surface area contributed by atoms with E-state index in [1.54, 1.807) is 0 Å². The molecule has 0 aliphatic carbocycles. The topological polar surface area (TPSA) is 32.3 Å². The highest BCUT2D eigenvalue weighted by molar-refractivity contribution is 5.98. The minimum absolute atomic E-state index is 0.0138. The molecule has 1 fully saturated rings. The monoisotopic (exact) mass is 272 g/mol. The van der Waals surface area contributed by atoms with Crippen molar-refractivity contribution in [2.75, 3.05) is 18.0 Å². The zero-order valence-corrected chi connectivity index (χ0v) is 12.3. The van der Waals surface area contributed by atoms with E-state index in [2.05, 4.69) is 30.4 Å². The maximum absolute atomic E-state index is 12.8. The van der Waals surface area contributed by atoms with Crippen molar-refractivity contribution < 1.29 is 4.79 Å². The van der Waals surface area contributed by atoms with Gasteiger partial charge in [0.1, 0.15) is 0 Å². The number of amides is 1. The van der Waals surface area contributed by atoms with Crippen LogP contribution in [-0.2, 0) is 11.2 Å². The molecular weight excluding hydrogens is 248 g/mol. The van der Waals surface area contributed by atoms with Crippen LogP contribution in [0.5, 0.6) is 0 Å². The molecule has 3 rings (SSSR count). The Morgan fingerprint density at radius 1 is 1.40 bits per heavy atom. The molecule has 1 N–H and O–H groups in total. The quantitative estimate of drug-likeness (QED) is 0.898. The summed E-state index contributed by atoms with van der Waals surface area (Å²) in [5.74, 6) is 0.973. The Labute approximate surface area is 121 Å². The zero-order chi connectivity index (χ0) is 13.9. The van der Waals surface area contributed by atoms with Crippen molar-refractivity contribution in [3.8, 4) is 0 Å². The van der Waals surface area contributed by atoms with Crippen LogP contribution in [0, 0.1) is 5.92 Å². The Kier molecular flexibility index (Phi) is 4.06. The van der Waals surface area contributed by atoms with Crippen molar-refractivity contribution in [1.29, 1.82) is 0 Å². The van der Waals surface area contributed by atoms with Crippen LogP contribution in [0.2, 0.25) is 0 Å². The van der Waals surface area contributed by atoms with E-state index in [-0.39, 0.29) is 11.9 Å². The molecule has 1 aromatic rings. The van der Waals surface area contributed by atoms with Gasteiger partial charge in [-0.25, -0.2) is 0 Å². The van der Waals surface area contributed by atoms with Crippen LogP contribution in [0.4, 0.5) is 5.69 Å². The Hall–Kier alpha value is -1.35. The van der Waals surface area contributed by atoms with Crippen LogP contribution in [0.3, 0.4) is 0 Å². The first-order chi connectivity index (χ1) is 9.79. The minimum Gasteiger partial charge on any atom is -0.311 e.